The zero-order valence-electron chi connectivity index (χ0n) is 9.20. The maximum absolute atomic E-state index is 11.5. The second-order valence-electron chi connectivity index (χ2n) is 3.37. The molecule has 0 unspecified atom stereocenters. The minimum Gasteiger partial charge on any atom is -0.506 e. The maximum atomic E-state index is 11.5. The van der Waals surface area contributed by atoms with Gasteiger partial charge in [-0.05, 0) is 25.2 Å². The van der Waals surface area contributed by atoms with Gasteiger partial charge < -0.3 is 15.7 Å². The number of carbonyl (C=O) groups is 2. The molecule has 16 heavy (non-hydrogen) atoms. The highest BCUT2D eigenvalue weighted by molar-refractivity contribution is 6.00. The van der Waals surface area contributed by atoms with Gasteiger partial charge in [-0.3, -0.25) is 9.59 Å². The third-order valence-electron chi connectivity index (χ3n) is 1.97. The van der Waals surface area contributed by atoms with E-state index in [1.165, 1.54) is 25.1 Å². The Balaban J connectivity index is 2.97. The lowest BCUT2D eigenvalue weighted by Crippen LogP contribution is -2.18. The van der Waals surface area contributed by atoms with Crippen LogP contribution in [0.15, 0.2) is 18.2 Å². The number of aromatic hydroxyl groups is 1. The lowest BCUT2D eigenvalue weighted by Gasteiger charge is -2.07. The fourth-order valence-corrected chi connectivity index (χ4v) is 1.26. The summed E-state index contributed by atoms with van der Waals surface area (Å²) in [5, 5.41) is 14.6. The number of hydrogen-bond acceptors (Lipinski definition) is 4. The Hall–Kier alpha value is -1.88. The summed E-state index contributed by atoms with van der Waals surface area (Å²) < 4.78 is 0. The second kappa shape index (κ2) is 5.27. The largest absolute Gasteiger partial charge is 0.506 e. The Morgan fingerprint density at radius 3 is 2.62 bits per heavy atom. The van der Waals surface area contributed by atoms with E-state index in [-0.39, 0.29) is 29.7 Å². The summed E-state index contributed by atoms with van der Waals surface area (Å²) >= 11 is 0. The highest BCUT2D eigenvalue weighted by Crippen LogP contribution is 2.24. The number of likely N-dealkylation sites (N-methyl/N-ethyl adjacent to an activating group) is 1. The predicted octanol–water partition coefficient (Wildman–Crippen LogP) is 0.753. The number of anilines is 1. The molecule has 0 fully saturated rings. The molecule has 5 nitrogen and oxygen atoms in total. The van der Waals surface area contributed by atoms with E-state index < -0.39 is 0 Å². The summed E-state index contributed by atoms with van der Waals surface area (Å²) in [5.41, 5.74) is 0.686. The number of nitrogens with one attached hydrogen (secondary N) is 2. The number of amides is 1. The van der Waals surface area contributed by atoms with Gasteiger partial charge in [0.25, 0.3) is 0 Å². The molecule has 0 saturated carbocycles. The van der Waals surface area contributed by atoms with Gasteiger partial charge in [-0.2, -0.15) is 0 Å². The quantitative estimate of drug-likeness (QED) is 0.519. The van der Waals surface area contributed by atoms with E-state index in [0.29, 0.717) is 5.56 Å². The molecule has 1 amide bonds. The molecule has 0 atom stereocenters. The van der Waals surface area contributed by atoms with Crippen LogP contribution in [0, 0.1) is 0 Å². The Morgan fingerprint density at radius 2 is 2.06 bits per heavy atom. The van der Waals surface area contributed by atoms with Crippen molar-refractivity contribution in [3.63, 3.8) is 0 Å². The Morgan fingerprint density at radius 1 is 1.38 bits per heavy atom. The molecule has 1 aromatic rings. The highest BCUT2D eigenvalue weighted by Gasteiger charge is 2.09. The van der Waals surface area contributed by atoms with Crippen molar-refractivity contribution in [3.8, 4) is 5.75 Å². The van der Waals surface area contributed by atoms with Crippen molar-refractivity contribution in [2.24, 2.45) is 0 Å². The molecule has 0 aliphatic rings. The molecule has 0 aromatic heterocycles. The summed E-state index contributed by atoms with van der Waals surface area (Å²) in [4.78, 5) is 22.4. The van der Waals surface area contributed by atoms with Gasteiger partial charge in [-0.25, -0.2) is 0 Å². The Labute approximate surface area is 93.5 Å². The molecule has 0 radical (unpaired) electrons. The molecule has 0 bridgehead atoms. The first-order valence-electron chi connectivity index (χ1n) is 4.83. The second-order valence-corrected chi connectivity index (χ2v) is 3.37. The van der Waals surface area contributed by atoms with Crippen LogP contribution in [0.1, 0.15) is 17.3 Å². The van der Waals surface area contributed by atoms with Crippen LogP contribution < -0.4 is 10.6 Å². The standard InChI is InChI=1S/C11H14N2O3/c1-7(14)13-9-5-8(3-4-10(9)15)11(16)6-12-2/h3-5,12,15H,6H2,1-2H3,(H,13,14). The van der Waals surface area contributed by atoms with E-state index >= 15 is 0 Å². The number of hydrogen-bond donors (Lipinski definition) is 3. The van der Waals surface area contributed by atoms with Crippen molar-refractivity contribution in [2.75, 3.05) is 18.9 Å². The summed E-state index contributed by atoms with van der Waals surface area (Å²) in [7, 11) is 1.67. The summed E-state index contributed by atoms with van der Waals surface area (Å²) in [6.07, 6.45) is 0. The molecular formula is C11H14N2O3. The average Bonchev–Trinajstić information content (AvgIpc) is 2.21. The Bertz CT molecular complexity index is 416. The molecule has 3 N–H and O–H groups in total. The van der Waals surface area contributed by atoms with E-state index in [1.807, 2.05) is 0 Å². The van der Waals surface area contributed by atoms with Crippen molar-refractivity contribution < 1.29 is 14.7 Å². The number of phenols is 1. The zero-order valence-corrected chi connectivity index (χ0v) is 9.20. The molecule has 5 heteroatoms. The van der Waals surface area contributed by atoms with Gasteiger partial charge in [0.1, 0.15) is 5.75 Å². The van der Waals surface area contributed by atoms with Crippen LogP contribution in [0.3, 0.4) is 0 Å². The van der Waals surface area contributed by atoms with Crippen LogP contribution in [0.2, 0.25) is 0 Å². The summed E-state index contributed by atoms with van der Waals surface area (Å²) in [5.74, 6) is -0.459. The SMILES string of the molecule is CNCC(=O)c1ccc(O)c(NC(C)=O)c1. The van der Waals surface area contributed by atoms with Gasteiger partial charge in [0.15, 0.2) is 5.78 Å². The fraction of sp³-hybridized carbons (Fsp3) is 0.273. The fourth-order valence-electron chi connectivity index (χ4n) is 1.26. The summed E-state index contributed by atoms with van der Waals surface area (Å²) in [6, 6.07) is 4.35. The van der Waals surface area contributed by atoms with Crippen molar-refractivity contribution in [1.82, 2.24) is 5.32 Å². The van der Waals surface area contributed by atoms with Gasteiger partial charge in [0, 0.05) is 12.5 Å². The van der Waals surface area contributed by atoms with Crippen molar-refractivity contribution >= 4 is 17.4 Å². The van der Waals surface area contributed by atoms with E-state index in [4.69, 9.17) is 0 Å². The lowest BCUT2D eigenvalue weighted by atomic mass is 10.1. The van der Waals surface area contributed by atoms with Crippen LogP contribution in [0.5, 0.6) is 5.75 Å². The summed E-state index contributed by atoms with van der Waals surface area (Å²) in [6.45, 7) is 1.55. The van der Waals surface area contributed by atoms with E-state index in [2.05, 4.69) is 10.6 Å². The first kappa shape index (κ1) is 12.2. The van der Waals surface area contributed by atoms with Crippen LogP contribution >= 0.6 is 0 Å². The monoisotopic (exact) mass is 222 g/mol. The van der Waals surface area contributed by atoms with Crippen molar-refractivity contribution in [2.45, 2.75) is 6.92 Å². The number of phenolic OH excluding ortho intramolecular Hbond substituents is 1. The van der Waals surface area contributed by atoms with Crippen LogP contribution in [-0.2, 0) is 4.79 Å². The van der Waals surface area contributed by atoms with Gasteiger partial charge in [-0.15, -0.1) is 0 Å². The average molecular weight is 222 g/mol. The van der Waals surface area contributed by atoms with Gasteiger partial charge in [-0.1, -0.05) is 0 Å². The number of ketones is 1. The third kappa shape index (κ3) is 3.06. The molecule has 0 aliphatic carbocycles. The molecule has 1 aromatic carbocycles. The van der Waals surface area contributed by atoms with Crippen LogP contribution in [0.4, 0.5) is 5.69 Å². The van der Waals surface area contributed by atoms with Gasteiger partial charge >= 0.3 is 0 Å². The van der Waals surface area contributed by atoms with Crippen molar-refractivity contribution in [3.05, 3.63) is 23.8 Å². The van der Waals surface area contributed by atoms with E-state index in [1.54, 1.807) is 7.05 Å². The molecule has 0 heterocycles. The lowest BCUT2D eigenvalue weighted by molar-refractivity contribution is -0.114. The van der Waals surface area contributed by atoms with Crippen LogP contribution in [0.25, 0.3) is 0 Å². The molecule has 86 valence electrons. The smallest absolute Gasteiger partial charge is 0.221 e. The zero-order chi connectivity index (χ0) is 12.1. The first-order chi connectivity index (χ1) is 7.54. The van der Waals surface area contributed by atoms with E-state index in [9.17, 15) is 14.7 Å². The molecule has 1 rings (SSSR count). The number of rotatable bonds is 4. The number of benzene rings is 1. The molecule has 0 saturated heterocycles. The minimum absolute atomic E-state index is 0.0591. The number of carbonyl (C=O) groups excluding carboxylic acids is 2. The van der Waals surface area contributed by atoms with Gasteiger partial charge in [0.2, 0.25) is 5.91 Å². The van der Waals surface area contributed by atoms with Crippen molar-refractivity contribution in [1.29, 1.82) is 0 Å². The molecular weight excluding hydrogens is 208 g/mol. The Kier molecular flexibility index (Phi) is 4.02. The topological polar surface area (TPSA) is 78.4 Å². The molecule has 0 spiro atoms. The van der Waals surface area contributed by atoms with Crippen LogP contribution in [-0.4, -0.2) is 30.4 Å². The van der Waals surface area contributed by atoms with Gasteiger partial charge in [0.05, 0.1) is 12.2 Å². The highest BCUT2D eigenvalue weighted by atomic mass is 16.3. The normalized spacial score (nSPS) is 9.88. The minimum atomic E-state index is -0.298. The first-order valence-corrected chi connectivity index (χ1v) is 4.83. The predicted molar refractivity (Wildman–Crippen MR) is 60.7 cm³/mol. The number of Topliss-reactive ketones (excluding diaryl/α,β-unsaturated/α-hetero) is 1. The maximum Gasteiger partial charge on any atom is 0.221 e. The van der Waals surface area contributed by atoms with E-state index in [0.717, 1.165) is 0 Å². The molecule has 0 aliphatic heterocycles. The third-order valence-corrected chi connectivity index (χ3v) is 1.97.